The summed E-state index contributed by atoms with van der Waals surface area (Å²) in [5, 5.41) is 11.1. The van der Waals surface area contributed by atoms with Crippen LogP contribution in [0.25, 0.3) is 5.69 Å². The Balaban J connectivity index is 1.46. The molecule has 5 heteroatoms. The molecule has 0 spiro atoms. The second-order valence-corrected chi connectivity index (χ2v) is 7.35. The molecule has 1 aliphatic heterocycles. The third-order valence-electron chi connectivity index (χ3n) is 5.69. The maximum Gasteiger partial charge on any atom is 0.237 e. The predicted molar refractivity (Wildman–Crippen MR) is 97.4 cm³/mol. The first-order valence-electron chi connectivity index (χ1n) is 9.38. The van der Waals surface area contributed by atoms with E-state index < -0.39 is 0 Å². The molecule has 4 rings (SSSR count). The summed E-state index contributed by atoms with van der Waals surface area (Å²) in [4.78, 5) is 12.8. The summed E-state index contributed by atoms with van der Waals surface area (Å²) in [6, 6.07) is 10.4. The molecule has 2 N–H and O–H groups in total. The van der Waals surface area contributed by atoms with Crippen LogP contribution in [0.4, 0.5) is 0 Å². The van der Waals surface area contributed by atoms with Crippen molar-refractivity contribution in [2.24, 2.45) is 5.92 Å². The van der Waals surface area contributed by atoms with Crippen molar-refractivity contribution in [2.75, 3.05) is 0 Å². The standard InChI is InChI=1S/C20H26N4O/c1-14(16-8-3-5-10-19(16)24-12-6-11-21-24)22-20(25)18-13-15-7-2-4-9-17(15)23-18/h3,5-6,8,10-12,14-15,17-18,23H,2,4,7,9,13H2,1H3,(H,22,25). The number of para-hydroxylation sites is 1. The van der Waals surface area contributed by atoms with Crippen LogP contribution in [-0.4, -0.2) is 27.8 Å². The van der Waals surface area contributed by atoms with Gasteiger partial charge in [-0.2, -0.15) is 5.10 Å². The van der Waals surface area contributed by atoms with Crippen LogP contribution in [0.1, 0.15) is 50.6 Å². The summed E-state index contributed by atoms with van der Waals surface area (Å²) < 4.78 is 1.85. The third-order valence-corrected chi connectivity index (χ3v) is 5.69. The highest BCUT2D eigenvalue weighted by molar-refractivity contribution is 5.82. The molecular weight excluding hydrogens is 312 g/mol. The fourth-order valence-corrected chi connectivity index (χ4v) is 4.39. The van der Waals surface area contributed by atoms with Gasteiger partial charge in [0.25, 0.3) is 0 Å². The molecule has 2 aromatic rings. The van der Waals surface area contributed by atoms with Gasteiger partial charge in [-0.1, -0.05) is 31.0 Å². The van der Waals surface area contributed by atoms with Crippen LogP contribution >= 0.6 is 0 Å². The molecule has 4 atom stereocenters. The van der Waals surface area contributed by atoms with Gasteiger partial charge in [0.15, 0.2) is 0 Å². The predicted octanol–water partition coefficient (Wildman–Crippen LogP) is 2.97. The van der Waals surface area contributed by atoms with Crippen molar-refractivity contribution in [1.29, 1.82) is 0 Å². The zero-order chi connectivity index (χ0) is 17.2. The molecule has 132 valence electrons. The first-order chi connectivity index (χ1) is 12.2. The van der Waals surface area contributed by atoms with E-state index in [2.05, 4.69) is 21.8 Å². The summed E-state index contributed by atoms with van der Waals surface area (Å²) in [6.07, 6.45) is 9.75. The summed E-state index contributed by atoms with van der Waals surface area (Å²) >= 11 is 0. The Morgan fingerprint density at radius 1 is 1.28 bits per heavy atom. The number of benzene rings is 1. The highest BCUT2D eigenvalue weighted by atomic mass is 16.2. The minimum Gasteiger partial charge on any atom is -0.348 e. The van der Waals surface area contributed by atoms with Crippen LogP contribution in [0.2, 0.25) is 0 Å². The van der Waals surface area contributed by atoms with Crippen LogP contribution in [-0.2, 0) is 4.79 Å². The molecule has 1 saturated carbocycles. The molecule has 2 heterocycles. The maximum absolute atomic E-state index is 12.8. The number of hydrogen-bond donors (Lipinski definition) is 2. The average molecular weight is 338 g/mol. The van der Waals surface area contributed by atoms with Crippen molar-refractivity contribution in [3.63, 3.8) is 0 Å². The molecule has 0 radical (unpaired) electrons. The minimum absolute atomic E-state index is 0.0487. The molecular formula is C20H26N4O. The van der Waals surface area contributed by atoms with Crippen molar-refractivity contribution in [2.45, 2.75) is 57.2 Å². The van der Waals surface area contributed by atoms with Gasteiger partial charge in [0.1, 0.15) is 0 Å². The SMILES string of the molecule is CC(NC(=O)C1CC2CCCCC2N1)c1ccccc1-n1cccn1. The highest BCUT2D eigenvalue weighted by Gasteiger charge is 2.38. The Labute approximate surface area is 148 Å². The van der Waals surface area contributed by atoms with Gasteiger partial charge in [0.05, 0.1) is 17.8 Å². The van der Waals surface area contributed by atoms with Gasteiger partial charge in [-0.3, -0.25) is 4.79 Å². The van der Waals surface area contributed by atoms with Crippen LogP contribution in [0.3, 0.4) is 0 Å². The molecule has 1 saturated heterocycles. The molecule has 0 bridgehead atoms. The van der Waals surface area contributed by atoms with Gasteiger partial charge < -0.3 is 10.6 Å². The zero-order valence-corrected chi connectivity index (χ0v) is 14.7. The zero-order valence-electron chi connectivity index (χ0n) is 14.7. The first-order valence-corrected chi connectivity index (χ1v) is 9.38. The number of carbonyl (C=O) groups is 1. The van der Waals surface area contributed by atoms with Gasteiger partial charge >= 0.3 is 0 Å². The van der Waals surface area contributed by atoms with Crippen molar-refractivity contribution < 1.29 is 4.79 Å². The largest absolute Gasteiger partial charge is 0.348 e. The number of hydrogen-bond acceptors (Lipinski definition) is 3. The third kappa shape index (κ3) is 3.33. The van der Waals surface area contributed by atoms with E-state index in [1.807, 2.05) is 42.1 Å². The lowest BCUT2D eigenvalue weighted by atomic mass is 9.85. The Bertz CT molecular complexity index is 713. The number of aromatic nitrogens is 2. The Hall–Kier alpha value is -2.14. The smallest absolute Gasteiger partial charge is 0.237 e. The molecule has 4 unspecified atom stereocenters. The Morgan fingerprint density at radius 2 is 2.12 bits per heavy atom. The molecule has 5 nitrogen and oxygen atoms in total. The molecule has 25 heavy (non-hydrogen) atoms. The van der Waals surface area contributed by atoms with Crippen LogP contribution < -0.4 is 10.6 Å². The average Bonchev–Trinajstić information content (AvgIpc) is 3.31. The topological polar surface area (TPSA) is 59.0 Å². The molecule has 1 aromatic carbocycles. The van der Waals surface area contributed by atoms with Gasteiger partial charge in [0, 0.05) is 18.4 Å². The van der Waals surface area contributed by atoms with E-state index in [0.29, 0.717) is 12.0 Å². The number of rotatable bonds is 4. The fraction of sp³-hybridized carbons (Fsp3) is 0.500. The van der Waals surface area contributed by atoms with Gasteiger partial charge in [-0.05, 0) is 49.8 Å². The molecule has 1 aliphatic carbocycles. The van der Waals surface area contributed by atoms with Crippen LogP contribution in [0.5, 0.6) is 0 Å². The fourth-order valence-electron chi connectivity index (χ4n) is 4.39. The lowest BCUT2D eigenvalue weighted by Crippen LogP contribution is -2.44. The number of fused-ring (bicyclic) bond motifs is 1. The number of carbonyl (C=O) groups excluding carboxylic acids is 1. The first kappa shape index (κ1) is 16.3. The summed E-state index contributed by atoms with van der Waals surface area (Å²) in [7, 11) is 0. The van der Waals surface area contributed by atoms with Gasteiger partial charge in [0.2, 0.25) is 5.91 Å². The summed E-state index contributed by atoms with van der Waals surface area (Å²) in [5.41, 5.74) is 2.09. The van der Waals surface area contributed by atoms with Crippen molar-refractivity contribution in [3.8, 4) is 5.69 Å². The van der Waals surface area contributed by atoms with Crippen LogP contribution in [0.15, 0.2) is 42.7 Å². The summed E-state index contributed by atoms with van der Waals surface area (Å²) in [6.45, 7) is 2.04. The van der Waals surface area contributed by atoms with E-state index in [-0.39, 0.29) is 18.0 Å². The highest BCUT2D eigenvalue weighted by Crippen LogP contribution is 2.33. The Morgan fingerprint density at radius 3 is 2.92 bits per heavy atom. The van der Waals surface area contributed by atoms with E-state index in [1.165, 1.54) is 25.7 Å². The van der Waals surface area contributed by atoms with E-state index in [4.69, 9.17) is 0 Å². The molecule has 1 amide bonds. The van der Waals surface area contributed by atoms with E-state index >= 15 is 0 Å². The van der Waals surface area contributed by atoms with E-state index in [9.17, 15) is 4.79 Å². The van der Waals surface area contributed by atoms with Gasteiger partial charge in [-0.25, -0.2) is 4.68 Å². The summed E-state index contributed by atoms with van der Waals surface area (Å²) in [5.74, 6) is 0.799. The minimum atomic E-state index is -0.0580. The second-order valence-electron chi connectivity index (χ2n) is 7.35. The number of nitrogens with one attached hydrogen (secondary N) is 2. The lowest BCUT2D eigenvalue weighted by molar-refractivity contribution is -0.123. The number of nitrogens with zero attached hydrogens (tertiary/aromatic N) is 2. The normalized spacial score (nSPS) is 26.8. The van der Waals surface area contributed by atoms with Crippen LogP contribution in [0, 0.1) is 5.92 Å². The molecule has 2 fully saturated rings. The monoisotopic (exact) mass is 338 g/mol. The Kier molecular flexibility index (Phi) is 4.57. The maximum atomic E-state index is 12.8. The van der Waals surface area contributed by atoms with Gasteiger partial charge in [-0.15, -0.1) is 0 Å². The van der Waals surface area contributed by atoms with Crippen molar-refractivity contribution in [1.82, 2.24) is 20.4 Å². The van der Waals surface area contributed by atoms with E-state index in [1.54, 1.807) is 6.20 Å². The van der Waals surface area contributed by atoms with Crippen molar-refractivity contribution in [3.05, 3.63) is 48.3 Å². The molecule has 2 aliphatic rings. The number of amides is 1. The molecule has 1 aromatic heterocycles. The quantitative estimate of drug-likeness (QED) is 0.901. The second kappa shape index (κ2) is 7.00. The lowest BCUT2D eigenvalue weighted by Gasteiger charge is -2.24. The van der Waals surface area contributed by atoms with Crippen molar-refractivity contribution >= 4 is 5.91 Å². The van der Waals surface area contributed by atoms with E-state index in [0.717, 1.165) is 17.7 Å².